The number of anilines is 1. The SMILES string of the molecule is N/N=C(\CCNc1ccc(S(N)(=O)=O)cc1)c1ccc2ccccc2c1. The van der Waals surface area contributed by atoms with E-state index in [0.717, 1.165) is 22.3 Å². The normalized spacial score (nSPS) is 12.3. The maximum Gasteiger partial charge on any atom is 0.238 e. The molecular weight excluding hydrogens is 348 g/mol. The minimum atomic E-state index is -3.67. The van der Waals surface area contributed by atoms with Gasteiger partial charge in [-0.05, 0) is 46.7 Å². The quantitative estimate of drug-likeness (QED) is 0.353. The lowest BCUT2D eigenvalue weighted by atomic mass is 10.0. The van der Waals surface area contributed by atoms with Crippen molar-refractivity contribution in [2.75, 3.05) is 11.9 Å². The molecule has 134 valence electrons. The molecule has 0 heterocycles. The van der Waals surface area contributed by atoms with Gasteiger partial charge < -0.3 is 11.2 Å². The smallest absolute Gasteiger partial charge is 0.238 e. The lowest BCUT2D eigenvalue weighted by molar-refractivity contribution is 0.598. The number of nitrogens with two attached hydrogens (primary N) is 2. The van der Waals surface area contributed by atoms with Crippen molar-refractivity contribution in [1.82, 2.24) is 0 Å². The van der Waals surface area contributed by atoms with Crippen molar-refractivity contribution in [3.05, 3.63) is 72.3 Å². The number of primary sulfonamides is 1. The van der Waals surface area contributed by atoms with E-state index in [4.69, 9.17) is 11.0 Å². The molecule has 3 rings (SSSR count). The van der Waals surface area contributed by atoms with Crippen molar-refractivity contribution in [3.8, 4) is 0 Å². The lowest BCUT2D eigenvalue weighted by Gasteiger charge is -2.10. The summed E-state index contributed by atoms with van der Waals surface area (Å²) in [4.78, 5) is 0.0865. The number of hydrogen-bond acceptors (Lipinski definition) is 5. The first-order valence-electron chi connectivity index (χ1n) is 8.10. The van der Waals surface area contributed by atoms with Crippen LogP contribution in [0.15, 0.2) is 76.7 Å². The number of sulfonamides is 1. The Morgan fingerprint density at radius 3 is 2.31 bits per heavy atom. The number of hydrogen-bond donors (Lipinski definition) is 3. The van der Waals surface area contributed by atoms with Crippen molar-refractivity contribution < 1.29 is 8.42 Å². The van der Waals surface area contributed by atoms with Crippen LogP contribution in [0.25, 0.3) is 10.8 Å². The van der Waals surface area contributed by atoms with Crippen LogP contribution in [0.1, 0.15) is 12.0 Å². The molecule has 0 saturated carbocycles. The summed E-state index contributed by atoms with van der Waals surface area (Å²) in [5, 5.41) is 14.5. The van der Waals surface area contributed by atoms with Crippen molar-refractivity contribution in [3.63, 3.8) is 0 Å². The number of fused-ring (bicyclic) bond motifs is 1. The largest absolute Gasteiger partial charge is 0.385 e. The molecule has 0 radical (unpaired) electrons. The molecule has 0 saturated heterocycles. The van der Waals surface area contributed by atoms with Crippen LogP contribution in [0.2, 0.25) is 0 Å². The predicted octanol–water partition coefficient (Wildman–Crippen LogP) is 2.65. The molecule has 5 N–H and O–H groups in total. The van der Waals surface area contributed by atoms with E-state index >= 15 is 0 Å². The molecule has 7 heteroatoms. The zero-order valence-corrected chi connectivity index (χ0v) is 14.9. The van der Waals surface area contributed by atoms with Crippen LogP contribution in [0.3, 0.4) is 0 Å². The molecule has 3 aromatic carbocycles. The van der Waals surface area contributed by atoms with Crippen molar-refractivity contribution >= 4 is 32.2 Å². The molecule has 0 aromatic heterocycles. The van der Waals surface area contributed by atoms with E-state index in [-0.39, 0.29) is 4.90 Å². The third-order valence-corrected chi connectivity index (χ3v) is 5.04. The highest BCUT2D eigenvalue weighted by Crippen LogP contribution is 2.17. The van der Waals surface area contributed by atoms with Crippen LogP contribution in [0, 0.1) is 0 Å². The highest BCUT2D eigenvalue weighted by molar-refractivity contribution is 7.89. The summed E-state index contributed by atoms with van der Waals surface area (Å²) >= 11 is 0. The fraction of sp³-hybridized carbons (Fsp3) is 0.105. The molecule has 0 aliphatic carbocycles. The van der Waals surface area contributed by atoms with Gasteiger partial charge in [0, 0.05) is 18.7 Å². The molecule has 3 aromatic rings. The Morgan fingerprint density at radius 1 is 0.962 bits per heavy atom. The van der Waals surface area contributed by atoms with Gasteiger partial charge in [-0.15, -0.1) is 0 Å². The fourth-order valence-electron chi connectivity index (χ4n) is 2.74. The third-order valence-electron chi connectivity index (χ3n) is 4.11. The number of benzene rings is 3. The van der Waals surface area contributed by atoms with Crippen LogP contribution in [0.5, 0.6) is 0 Å². The molecule has 0 spiro atoms. The number of hydrazone groups is 1. The lowest BCUT2D eigenvalue weighted by Crippen LogP contribution is -2.13. The molecule has 0 bridgehead atoms. The Labute approximate surface area is 152 Å². The maximum absolute atomic E-state index is 11.3. The van der Waals surface area contributed by atoms with Gasteiger partial charge in [0.05, 0.1) is 10.6 Å². The summed E-state index contributed by atoms with van der Waals surface area (Å²) in [7, 11) is -3.67. The van der Waals surface area contributed by atoms with Gasteiger partial charge in [0.1, 0.15) is 0 Å². The van der Waals surface area contributed by atoms with E-state index in [1.165, 1.54) is 17.5 Å². The standard InChI is InChI=1S/C19H20N4O2S/c20-23-19(16-6-5-14-3-1-2-4-15(14)13-16)11-12-22-17-7-9-18(10-8-17)26(21,24)25/h1-10,13,22H,11-12,20H2,(H2,21,24,25)/b23-19+. The molecular formula is C19H20N4O2S. The van der Waals surface area contributed by atoms with Crippen LogP contribution in [-0.4, -0.2) is 20.7 Å². The van der Waals surface area contributed by atoms with E-state index in [9.17, 15) is 8.42 Å². The second-order valence-electron chi connectivity index (χ2n) is 5.88. The molecule has 6 nitrogen and oxygen atoms in total. The highest BCUT2D eigenvalue weighted by Gasteiger charge is 2.07. The summed E-state index contributed by atoms with van der Waals surface area (Å²) in [6.07, 6.45) is 0.631. The second kappa shape index (κ2) is 7.55. The maximum atomic E-state index is 11.3. The third kappa shape index (κ3) is 4.19. The van der Waals surface area contributed by atoms with E-state index in [0.29, 0.717) is 13.0 Å². The Bertz CT molecular complexity index is 1040. The van der Waals surface area contributed by atoms with Gasteiger partial charge >= 0.3 is 0 Å². The van der Waals surface area contributed by atoms with Crippen molar-refractivity contribution in [2.45, 2.75) is 11.3 Å². The predicted molar refractivity (Wildman–Crippen MR) is 106 cm³/mol. The first-order valence-corrected chi connectivity index (χ1v) is 9.65. The average molecular weight is 368 g/mol. The monoisotopic (exact) mass is 368 g/mol. The van der Waals surface area contributed by atoms with Gasteiger partial charge in [0.2, 0.25) is 10.0 Å². The van der Waals surface area contributed by atoms with E-state index in [1.54, 1.807) is 12.1 Å². The zero-order chi connectivity index (χ0) is 18.6. The first kappa shape index (κ1) is 17.9. The van der Waals surface area contributed by atoms with Crippen LogP contribution < -0.4 is 16.3 Å². The van der Waals surface area contributed by atoms with Gasteiger partial charge in [0.25, 0.3) is 0 Å². The fourth-order valence-corrected chi connectivity index (χ4v) is 3.26. The Hall–Kier alpha value is -2.90. The number of nitrogens with one attached hydrogen (secondary N) is 1. The summed E-state index contributed by atoms with van der Waals surface area (Å²) in [6, 6.07) is 20.5. The Balaban J connectivity index is 1.65. The number of nitrogens with zero attached hydrogens (tertiary/aromatic N) is 1. The minimum Gasteiger partial charge on any atom is -0.385 e. The van der Waals surface area contributed by atoms with Crippen LogP contribution in [-0.2, 0) is 10.0 Å². The molecule has 0 unspecified atom stereocenters. The highest BCUT2D eigenvalue weighted by atomic mass is 32.2. The van der Waals surface area contributed by atoms with E-state index in [1.807, 2.05) is 18.2 Å². The van der Waals surface area contributed by atoms with Gasteiger partial charge in [-0.2, -0.15) is 5.10 Å². The topological polar surface area (TPSA) is 111 Å². The molecule has 0 aliphatic rings. The summed E-state index contributed by atoms with van der Waals surface area (Å²) in [6.45, 7) is 0.609. The Kier molecular flexibility index (Phi) is 5.20. The molecule has 0 amide bonds. The zero-order valence-electron chi connectivity index (χ0n) is 14.1. The molecule has 26 heavy (non-hydrogen) atoms. The molecule has 0 fully saturated rings. The van der Waals surface area contributed by atoms with Gasteiger partial charge in [-0.3, -0.25) is 0 Å². The van der Waals surface area contributed by atoms with E-state index < -0.39 is 10.0 Å². The average Bonchev–Trinajstić information content (AvgIpc) is 2.64. The summed E-state index contributed by atoms with van der Waals surface area (Å²) in [5.41, 5.74) is 2.58. The second-order valence-corrected chi connectivity index (χ2v) is 7.45. The van der Waals surface area contributed by atoms with Crippen LogP contribution in [0.4, 0.5) is 5.69 Å². The molecule has 0 atom stereocenters. The summed E-state index contributed by atoms with van der Waals surface area (Å²) in [5.74, 6) is 5.58. The molecule has 0 aliphatic heterocycles. The van der Waals surface area contributed by atoms with E-state index in [2.05, 4.69) is 34.7 Å². The van der Waals surface area contributed by atoms with Gasteiger partial charge in [0.15, 0.2) is 0 Å². The summed E-state index contributed by atoms with van der Waals surface area (Å²) < 4.78 is 22.5. The van der Waals surface area contributed by atoms with Crippen molar-refractivity contribution in [1.29, 1.82) is 0 Å². The minimum absolute atomic E-state index is 0.0865. The number of rotatable bonds is 6. The first-order chi connectivity index (χ1) is 12.5. The Morgan fingerprint density at radius 2 is 1.65 bits per heavy atom. The van der Waals surface area contributed by atoms with Gasteiger partial charge in [-0.25, -0.2) is 13.6 Å². The van der Waals surface area contributed by atoms with Gasteiger partial charge in [-0.1, -0.05) is 36.4 Å². The van der Waals surface area contributed by atoms with Crippen molar-refractivity contribution in [2.24, 2.45) is 16.1 Å². The van der Waals surface area contributed by atoms with Crippen LogP contribution >= 0.6 is 0 Å².